The molecule has 2 aromatic heterocycles. The van der Waals surface area contributed by atoms with Crippen LogP contribution in [0.3, 0.4) is 0 Å². The molecule has 0 radical (unpaired) electrons. The van der Waals surface area contributed by atoms with Crippen molar-refractivity contribution in [2.75, 3.05) is 44.3 Å². The first-order valence-corrected chi connectivity index (χ1v) is 10.5. The summed E-state index contributed by atoms with van der Waals surface area (Å²) in [6.07, 6.45) is -3.02. The molecule has 1 saturated heterocycles. The van der Waals surface area contributed by atoms with E-state index < -0.39 is 23.4 Å². The molecule has 4 heterocycles. The van der Waals surface area contributed by atoms with Crippen LogP contribution in [0.1, 0.15) is 23.8 Å². The Kier molecular flexibility index (Phi) is 6.33. The van der Waals surface area contributed by atoms with Crippen LogP contribution in [0, 0.1) is 0 Å². The van der Waals surface area contributed by atoms with Crippen LogP contribution in [0.4, 0.5) is 19.1 Å². The molecule has 1 fully saturated rings. The summed E-state index contributed by atoms with van der Waals surface area (Å²) < 4.78 is 49.4. The number of carbonyl (C=O) groups is 1. The maximum atomic E-state index is 12.6. The van der Waals surface area contributed by atoms with Crippen LogP contribution in [0.2, 0.25) is 0 Å². The van der Waals surface area contributed by atoms with Gasteiger partial charge in [0.2, 0.25) is 11.9 Å². The van der Waals surface area contributed by atoms with Gasteiger partial charge in [0.05, 0.1) is 12.2 Å². The molecule has 14 heteroatoms. The topological polar surface area (TPSA) is 114 Å². The monoisotopic (exact) mass is 518 g/mol. The van der Waals surface area contributed by atoms with Gasteiger partial charge in [0.1, 0.15) is 22.9 Å². The minimum Gasteiger partial charge on any atom is -0.490 e. The molecular weight excluding hydrogens is 501 g/mol. The molecule has 172 valence electrons. The first kappa shape index (κ1) is 22.5. The smallest absolute Gasteiger partial charge is 0.419 e. The number of alkyl halides is 3. The Morgan fingerprint density at radius 3 is 2.59 bits per heavy atom. The Morgan fingerprint density at radius 1 is 1.25 bits per heavy atom. The molecule has 0 aromatic carbocycles. The SMILES string of the molecule is O=C(CO[C@@H]1CCOc2c1n[nH]c(=O)c2Br)N1CCN(c2ncc(C(F)(F)F)cn2)CC1. The van der Waals surface area contributed by atoms with E-state index in [2.05, 4.69) is 36.1 Å². The Morgan fingerprint density at radius 2 is 1.94 bits per heavy atom. The number of fused-ring (bicyclic) bond motifs is 1. The van der Waals surface area contributed by atoms with Gasteiger partial charge >= 0.3 is 6.18 Å². The van der Waals surface area contributed by atoms with E-state index in [1.807, 2.05) is 0 Å². The van der Waals surface area contributed by atoms with E-state index in [0.29, 0.717) is 50.7 Å². The molecule has 1 amide bonds. The zero-order chi connectivity index (χ0) is 22.9. The van der Waals surface area contributed by atoms with Gasteiger partial charge in [-0.2, -0.15) is 18.3 Å². The number of rotatable bonds is 4. The maximum Gasteiger partial charge on any atom is 0.419 e. The second-order valence-electron chi connectivity index (χ2n) is 7.16. The van der Waals surface area contributed by atoms with Crippen molar-refractivity contribution in [3.63, 3.8) is 0 Å². The van der Waals surface area contributed by atoms with E-state index in [1.165, 1.54) is 0 Å². The lowest BCUT2D eigenvalue weighted by Gasteiger charge is -2.35. The van der Waals surface area contributed by atoms with E-state index in [1.54, 1.807) is 9.80 Å². The second-order valence-corrected chi connectivity index (χ2v) is 7.95. The van der Waals surface area contributed by atoms with Crippen LogP contribution >= 0.6 is 15.9 Å². The lowest BCUT2D eigenvalue weighted by molar-refractivity contribution is -0.139. The number of amides is 1. The fourth-order valence-corrected chi connectivity index (χ4v) is 3.81. The van der Waals surface area contributed by atoms with Gasteiger partial charge in [-0.15, -0.1) is 0 Å². The zero-order valence-corrected chi connectivity index (χ0v) is 18.1. The summed E-state index contributed by atoms with van der Waals surface area (Å²) >= 11 is 3.16. The van der Waals surface area contributed by atoms with E-state index in [4.69, 9.17) is 9.47 Å². The number of aromatic amines is 1. The van der Waals surface area contributed by atoms with E-state index in [9.17, 15) is 22.8 Å². The Balaban J connectivity index is 1.30. The van der Waals surface area contributed by atoms with Crippen LogP contribution in [-0.4, -0.2) is 70.4 Å². The molecule has 32 heavy (non-hydrogen) atoms. The van der Waals surface area contributed by atoms with Crippen LogP contribution in [-0.2, 0) is 15.7 Å². The summed E-state index contributed by atoms with van der Waals surface area (Å²) in [5.74, 6) is 0.267. The zero-order valence-electron chi connectivity index (χ0n) is 16.6. The Labute approximate surface area is 187 Å². The molecular formula is C18H18BrF3N6O4. The van der Waals surface area contributed by atoms with Crippen molar-refractivity contribution in [2.45, 2.75) is 18.7 Å². The van der Waals surface area contributed by atoms with Crippen LogP contribution in [0.5, 0.6) is 5.75 Å². The third-order valence-electron chi connectivity index (χ3n) is 5.13. The van der Waals surface area contributed by atoms with Crippen LogP contribution < -0.4 is 15.2 Å². The van der Waals surface area contributed by atoms with Gasteiger partial charge in [0.25, 0.3) is 5.56 Å². The highest BCUT2D eigenvalue weighted by Crippen LogP contribution is 2.35. The minimum atomic E-state index is -4.49. The Bertz CT molecular complexity index is 1040. The number of hydrogen-bond acceptors (Lipinski definition) is 8. The number of anilines is 1. The minimum absolute atomic E-state index is 0.181. The van der Waals surface area contributed by atoms with E-state index >= 15 is 0 Å². The third kappa shape index (κ3) is 4.70. The summed E-state index contributed by atoms with van der Waals surface area (Å²) in [6, 6.07) is 0. The molecule has 0 aliphatic carbocycles. The third-order valence-corrected chi connectivity index (χ3v) is 5.85. The number of carbonyl (C=O) groups excluding carboxylic acids is 1. The molecule has 0 saturated carbocycles. The predicted molar refractivity (Wildman–Crippen MR) is 107 cm³/mol. The highest BCUT2D eigenvalue weighted by Gasteiger charge is 2.32. The molecule has 2 aliphatic heterocycles. The van der Waals surface area contributed by atoms with Crippen LogP contribution in [0.15, 0.2) is 21.7 Å². The molecule has 2 aromatic rings. The summed E-state index contributed by atoms with van der Waals surface area (Å²) in [6.45, 7) is 1.61. The number of nitrogens with zero attached hydrogens (tertiary/aromatic N) is 5. The second kappa shape index (κ2) is 9.02. The fourth-order valence-electron chi connectivity index (χ4n) is 3.40. The number of ether oxygens (including phenoxy) is 2. The summed E-state index contributed by atoms with van der Waals surface area (Å²) in [4.78, 5) is 35.1. The van der Waals surface area contributed by atoms with E-state index in [-0.39, 0.29) is 22.9 Å². The number of aromatic nitrogens is 4. The largest absolute Gasteiger partial charge is 0.490 e. The van der Waals surface area contributed by atoms with Crippen molar-refractivity contribution in [3.05, 3.63) is 38.5 Å². The lowest BCUT2D eigenvalue weighted by atomic mass is 10.1. The van der Waals surface area contributed by atoms with Gasteiger partial charge in [-0.1, -0.05) is 0 Å². The van der Waals surface area contributed by atoms with E-state index in [0.717, 1.165) is 12.4 Å². The Hall–Kier alpha value is -2.74. The predicted octanol–water partition coefficient (Wildman–Crippen LogP) is 1.53. The van der Waals surface area contributed by atoms with Gasteiger partial charge in [0.15, 0.2) is 5.75 Å². The number of nitrogens with one attached hydrogen (secondary N) is 1. The molecule has 0 bridgehead atoms. The lowest BCUT2D eigenvalue weighted by Crippen LogP contribution is -2.50. The molecule has 4 rings (SSSR count). The van der Waals surface area contributed by atoms with Crippen molar-refractivity contribution in [1.82, 2.24) is 25.1 Å². The van der Waals surface area contributed by atoms with Crippen molar-refractivity contribution < 1.29 is 27.4 Å². The van der Waals surface area contributed by atoms with Gasteiger partial charge in [-0.05, 0) is 15.9 Å². The summed E-state index contributed by atoms with van der Waals surface area (Å²) in [5.41, 5.74) is -0.914. The molecule has 10 nitrogen and oxygen atoms in total. The highest BCUT2D eigenvalue weighted by molar-refractivity contribution is 9.10. The summed E-state index contributed by atoms with van der Waals surface area (Å²) in [5, 5.41) is 6.34. The molecule has 1 N–H and O–H groups in total. The molecule has 1 atom stereocenters. The van der Waals surface area contributed by atoms with Crippen molar-refractivity contribution in [3.8, 4) is 5.75 Å². The number of halogens is 4. The van der Waals surface area contributed by atoms with Crippen molar-refractivity contribution >= 4 is 27.8 Å². The van der Waals surface area contributed by atoms with Gasteiger partial charge in [-0.3, -0.25) is 9.59 Å². The quantitative estimate of drug-likeness (QED) is 0.648. The van der Waals surface area contributed by atoms with Gasteiger partial charge in [-0.25, -0.2) is 15.1 Å². The number of H-pyrrole nitrogens is 1. The highest BCUT2D eigenvalue weighted by atomic mass is 79.9. The number of piperazine rings is 1. The maximum absolute atomic E-state index is 12.6. The average Bonchev–Trinajstić information content (AvgIpc) is 2.79. The standard InChI is InChI=1S/C18H18BrF3N6O4/c19-13-15-14(25-26-16(13)30)11(1-6-31-15)32-9-12(29)27-2-4-28(5-3-27)17-23-7-10(8-24-17)18(20,21)22/h7-8,11H,1-6,9H2,(H,26,30)/t11-/m1/s1. The molecule has 2 aliphatic rings. The van der Waals surface area contributed by atoms with Gasteiger partial charge in [0, 0.05) is 45.0 Å². The first-order chi connectivity index (χ1) is 15.2. The van der Waals surface area contributed by atoms with Gasteiger partial charge < -0.3 is 19.3 Å². The van der Waals surface area contributed by atoms with Crippen molar-refractivity contribution in [1.29, 1.82) is 0 Å². The van der Waals surface area contributed by atoms with Crippen molar-refractivity contribution in [2.24, 2.45) is 0 Å². The average molecular weight is 519 g/mol. The number of hydrogen-bond donors (Lipinski definition) is 1. The molecule has 0 unspecified atom stereocenters. The van der Waals surface area contributed by atoms with Crippen LogP contribution in [0.25, 0.3) is 0 Å². The summed E-state index contributed by atoms with van der Waals surface area (Å²) in [7, 11) is 0. The first-order valence-electron chi connectivity index (χ1n) is 9.68. The molecule has 0 spiro atoms. The fraction of sp³-hybridized carbons (Fsp3) is 0.500. The normalized spacial score (nSPS) is 18.8.